The van der Waals surface area contributed by atoms with Crippen molar-refractivity contribution in [2.24, 2.45) is 7.05 Å². The lowest BCUT2D eigenvalue weighted by molar-refractivity contribution is -0.917. The van der Waals surface area contributed by atoms with Crippen LogP contribution in [0.4, 0.5) is 0 Å². The van der Waals surface area contributed by atoms with E-state index in [-0.39, 0.29) is 0 Å². The Balaban J connectivity index is 1.73. The van der Waals surface area contributed by atoms with Crippen LogP contribution >= 0.6 is 12.2 Å². The topological polar surface area (TPSA) is 27.2 Å². The van der Waals surface area contributed by atoms with Gasteiger partial charge in [0.2, 0.25) is 4.77 Å². The second-order valence-electron chi connectivity index (χ2n) is 6.64. The fraction of sp³-hybridized carbons (Fsp3) is 0.300. The molecule has 0 amide bonds. The molecule has 0 saturated heterocycles. The van der Waals surface area contributed by atoms with Gasteiger partial charge in [0.1, 0.15) is 12.4 Å². The molecule has 1 heterocycles. The first-order valence-corrected chi connectivity index (χ1v) is 8.98. The Bertz CT molecular complexity index is 896. The molecule has 0 spiro atoms. The molecule has 0 saturated carbocycles. The monoisotopic (exact) mass is 353 g/mol. The normalized spacial score (nSPS) is 12.3. The lowest BCUT2D eigenvalue weighted by Crippen LogP contribution is -3.07. The van der Waals surface area contributed by atoms with Crippen LogP contribution in [0.15, 0.2) is 54.6 Å². The Morgan fingerprint density at radius 1 is 1.04 bits per heavy atom. The number of aryl methyl sites for hydroxylation is 1. The summed E-state index contributed by atoms with van der Waals surface area (Å²) in [6.07, 6.45) is 0.796. The van der Waals surface area contributed by atoms with E-state index >= 15 is 0 Å². The Kier molecular flexibility index (Phi) is 5.46. The average Bonchev–Trinajstić information content (AvgIpc) is 2.86. The van der Waals surface area contributed by atoms with Crippen LogP contribution in [0.25, 0.3) is 0 Å². The second kappa shape index (κ2) is 7.76. The summed E-state index contributed by atoms with van der Waals surface area (Å²) >= 11 is 5.59. The third-order valence-corrected chi connectivity index (χ3v) is 4.99. The molecule has 4 nitrogen and oxygen atoms in total. The van der Waals surface area contributed by atoms with Gasteiger partial charge in [0.05, 0.1) is 7.05 Å². The number of quaternary nitrogens is 1. The van der Waals surface area contributed by atoms with Crippen molar-refractivity contribution in [3.63, 3.8) is 0 Å². The zero-order valence-corrected chi connectivity index (χ0v) is 15.9. The summed E-state index contributed by atoms with van der Waals surface area (Å²) in [5, 5.41) is 4.76. The fourth-order valence-electron chi connectivity index (χ4n) is 3.01. The molecule has 5 heteroatoms. The second-order valence-corrected chi connectivity index (χ2v) is 7.00. The van der Waals surface area contributed by atoms with Gasteiger partial charge in [-0.2, -0.15) is 9.78 Å². The van der Waals surface area contributed by atoms with Gasteiger partial charge in [0.25, 0.3) is 0 Å². The molecule has 1 unspecified atom stereocenters. The van der Waals surface area contributed by atoms with Crippen molar-refractivity contribution >= 4 is 12.2 Å². The number of nitrogens with one attached hydrogen (secondary N) is 1. The van der Waals surface area contributed by atoms with E-state index < -0.39 is 0 Å². The van der Waals surface area contributed by atoms with Gasteiger partial charge in [-0.05, 0) is 30.3 Å². The van der Waals surface area contributed by atoms with Crippen molar-refractivity contribution in [2.75, 3.05) is 7.05 Å². The molecule has 25 heavy (non-hydrogen) atoms. The lowest BCUT2D eigenvalue weighted by Gasteiger charge is -2.15. The quantitative estimate of drug-likeness (QED) is 0.690. The molecule has 0 fully saturated rings. The number of nitrogens with zero attached hydrogens (tertiary/aromatic N) is 3. The van der Waals surface area contributed by atoms with Crippen molar-refractivity contribution in [2.45, 2.75) is 26.6 Å². The molecule has 1 N–H and O–H groups in total. The average molecular weight is 354 g/mol. The van der Waals surface area contributed by atoms with Gasteiger partial charge in [-0.3, -0.25) is 0 Å². The van der Waals surface area contributed by atoms with Crippen molar-refractivity contribution in [1.82, 2.24) is 14.3 Å². The highest BCUT2D eigenvalue weighted by Gasteiger charge is 2.12. The highest BCUT2D eigenvalue weighted by Crippen LogP contribution is 2.08. The molecule has 130 valence electrons. The summed E-state index contributed by atoms with van der Waals surface area (Å²) < 4.78 is 4.74. The summed E-state index contributed by atoms with van der Waals surface area (Å²) in [6.45, 7) is 3.88. The first kappa shape index (κ1) is 17.6. The van der Waals surface area contributed by atoms with E-state index in [1.807, 2.05) is 22.4 Å². The van der Waals surface area contributed by atoms with E-state index in [0.717, 1.165) is 30.2 Å². The highest BCUT2D eigenvalue weighted by atomic mass is 32.1. The van der Waals surface area contributed by atoms with E-state index in [2.05, 4.69) is 62.5 Å². The van der Waals surface area contributed by atoms with Gasteiger partial charge < -0.3 is 9.47 Å². The smallest absolute Gasteiger partial charge is 0.202 e. The number of rotatable bonds is 6. The predicted molar refractivity (Wildman–Crippen MR) is 103 cm³/mol. The Labute approximate surface area is 154 Å². The molecule has 0 radical (unpaired) electrons. The molecular weight excluding hydrogens is 328 g/mol. The van der Waals surface area contributed by atoms with Crippen molar-refractivity contribution in [3.05, 3.63) is 81.9 Å². The molecule has 0 aliphatic rings. The standard InChI is InChI=1S/C20H24N4S/c1-16-9-7-8-12-18(16)14-22(2)15-24-20(25)23(3)19(21-24)13-17-10-5-4-6-11-17/h4-12H,13-15H2,1-3H3/p+1. The maximum Gasteiger partial charge on any atom is 0.202 e. The number of benzene rings is 2. The van der Waals surface area contributed by atoms with E-state index in [1.54, 1.807) is 0 Å². The van der Waals surface area contributed by atoms with Crippen molar-refractivity contribution < 1.29 is 4.90 Å². The van der Waals surface area contributed by atoms with E-state index in [0.29, 0.717) is 0 Å². The van der Waals surface area contributed by atoms with Gasteiger partial charge in [-0.1, -0.05) is 54.6 Å². The lowest BCUT2D eigenvalue weighted by atomic mass is 10.1. The Morgan fingerprint density at radius 3 is 2.44 bits per heavy atom. The third-order valence-electron chi connectivity index (χ3n) is 4.51. The summed E-state index contributed by atoms with van der Waals surface area (Å²) in [4.78, 5) is 1.36. The maximum absolute atomic E-state index is 5.59. The molecule has 2 aromatic carbocycles. The predicted octanol–water partition coefficient (Wildman–Crippen LogP) is 2.52. The minimum absolute atomic E-state index is 0.760. The Hall–Kier alpha value is -2.24. The summed E-state index contributed by atoms with van der Waals surface area (Å²) in [5.41, 5.74) is 3.95. The third kappa shape index (κ3) is 4.24. The van der Waals surface area contributed by atoms with Crippen LogP contribution in [0.2, 0.25) is 0 Å². The highest BCUT2D eigenvalue weighted by molar-refractivity contribution is 7.71. The minimum atomic E-state index is 0.760. The molecule has 0 bridgehead atoms. The first-order chi connectivity index (χ1) is 12.0. The van der Waals surface area contributed by atoms with E-state index in [4.69, 9.17) is 17.3 Å². The molecule has 0 aliphatic carbocycles. The zero-order valence-electron chi connectivity index (χ0n) is 15.1. The fourth-order valence-corrected chi connectivity index (χ4v) is 3.22. The maximum atomic E-state index is 5.59. The molecule has 0 aliphatic heterocycles. The molecule has 1 atom stereocenters. The van der Waals surface area contributed by atoms with Crippen LogP contribution in [-0.4, -0.2) is 21.4 Å². The van der Waals surface area contributed by atoms with Crippen LogP contribution in [0.3, 0.4) is 0 Å². The molecule has 1 aromatic heterocycles. The SMILES string of the molecule is Cc1ccccc1C[NH+](C)Cn1nc(Cc2ccccc2)n(C)c1=S. The number of aromatic nitrogens is 3. The van der Waals surface area contributed by atoms with Crippen LogP contribution in [0.1, 0.15) is 22.5 Å². The van der Waals surface area contributed by atoms with Gasteiger partial charge in [0.15, 0.2) is 6.67 Å². The zero-order chi connectivity index (χ0) is 17.8. The largest absolute Gasteiger partial charge is 0.315 e. The van der Waals surface area contributed by atoms with Gasteiger partial charge in [-0.25, -0.2) is 0 Å². The van der Waals surface area contributed by atoms with Crippen molar-refractivity contribution in [1.29, 1.82) is 0 Å². The van der Waals surface area contributed by atoms with Crippen LogP contribution < -0.4 is 4.90 Å². The minimum Gasteiger partial charge on any atom is -0.315 e. The van der Waals surface area contributed by atoms with E-state index in [1.165, 1.54) is 21.6 Å². The Morgan fingerprint density at radius 2 is 1.72 bits per heavy atom. The molecule has 3 rings (SSSR count). The van der Waals surface area contributed by atoms with Gasteiger partial charge in [0, 0.05) is 19.0 Å². The van der Waals surface area contributed by atoms with Crippen LogP contribution in [0.5, 0.6) is 0 Å². The molecular formula is C20H25N4S+. The van der Waals surface area contributed by atoms with E-state index in [9.17, 15) is 0 Å². The number of hydrogen-bond donors (Lipinski definition) is 1. The van der Waals surface area contributed by atoms with Gasteiger partial charge >= 0.3 is 0 Å². The van der Waals surface area contributed by atoms with Gasteiger partial charge in [-0.15, -0.1) is 0 Å². The van der Waals surface area contributed by atoms with Crippen molar-refractivity contribution in [3.8, 4) is 0 Å². The van der Waals surface area contributed by atoms with Crippen LogP contribution in [0, 0.1) is 11.7 Å². The first-order valence-electron chi connectivity index (χ1n) is 8.57. The molecule has 3 aromatic rings. The summed E-state index contributed by atoms with van der Waals surface area (Å²) in [6, 6.07) is 18.9. The summed E-state index contributed by atoms with van der Waals surface area (Å²) in [5.74, 6) is 1.000. The van der Waals surface area contributed by atoms with Crippen LogP contribution in [-0.2, 0) is 26.7 Å². The number of hydrogen-bond acceptors (Lipinski definition) is 2. The summed E-state index contributed by atoms with van der Waals surface area (Å²) in [7, 11) is 4.18.